The Hall–Kier alpha value is -1.84. The van der Waals surface area contributed by atoms with Crippen LogP contribution >= 0.6 is 0 Å². The first-order chi connectivity index (χ1) is 8.20. The number of hydrogen-bond acceptors (Lipinski definition) is 4. The fraction of sp³-hybridized carbons (Fsp3) is 0.385. The van der Waals surface area contributed by atoms with Crippen LogP contribution in [0.2, 0.25) is 0 Å². The zero-order valence-corrected chi connectivity index (χ0v) is 10.3. The van der Waals surface area contributed by atoms with Gasteiger partial charge in [0, 0.05) is 6.42 Å². The summed E-state index contributed by atoms with van der Waals surface area (Å²) >= 11 is 0. The third-order valence-corrected chi connectivity index (χ3v) is 2.40. The van der Waals surface area contributed by atoms with Gasteiger partial charge in [0.2, 0.25) is 0 Å². The molecule has 4 heteroatoms. The third-order valence-electron chi connectivity index (χ3n) is 2.40. The minimum absolute atomic E-state index is 0.512. The van der Waals surface area contributed by atoms with Crippen LogP contribution < -0.4 is 4.74 Å². The number of methoxy groups -OCH3 is 1. The van der Waals surface area contributed by atoms with E-state index in [0.717, 1.165) is 23.6 Å². The molecule has 1 aromatic carbocycles. The lowest BCUT2D eigenvalue weighted by molar-refractivity contribution is 0.401. The van der Waals surface area contributed by atoms with Crippen molar-refractivity contribution in [3.63, 3.8) is 0 Å². The molecule has 2 rings (SSSR count). The molecular weight excluding hydrogens is 216 g/mol. The summed E-state index contributed by atoms with van der Waals surface area (Å²) in [5, 5.41) is 3.97. The normalized spacial score (nSPS) is 10.8. The van der Waals surface area contributed by atoms with E-state index in [0.29, 0.717) is 11.8 Å². The van der Waals surface area contributed by atoms with E-state index in [2.05, 4.69) is 24.0 Å². The first kappa shape index (κ1) is 11.6. The highest BCUT2D eigenvalue weighted by atomic mass is 16.5. The summed E-state index contributed by atoms with van der Waals surface area (Å²) in [5.74, 6) is 2.50. The Labute approximate surface area is 101 Å². The molecule has 17 heavy (non-hydrogen) atoms. The highest BCUT2D eigenvalue weighted by molar-refractivity contribution is 5.62. The van der Waals surface area contributed by atoms with E-state index >= 15 is 0 Å². The summed E-state index contributed by atoms with van der Waals surface area (Å²) < 4.78 is 10.5. The summed E-state index contributed by atoms with van der Waals surface area (Å²) in [6.45, 7) is 4.25. The molecule has 1 aromatic heterocycles. The summed E-state index contributed by atoms with van der Waals surface area (Å²) in [6, 6.07) is 7.62. The highest BCUT2D eigenvalue weighted by Crippen LogP contribution is 2.28. The average Bonchev–Trinajstić information content (AvgIpc) is 2.76. The van der Waals surface area contributed by atoms with E-state index in [1.165, 1.54) is 0 Å². The monoisotopic (exact) mass is 232 g/mol. The maximum atomic E-state index is 5.26. The molecule has 0 N–H and O–H groups in total. The lowest BCUT2D eigenvalue weighted by Crippen LogP contribution is -1.96. The van der Waals surface area contributed by atoms with Gasteiger partial charge in [-0.15, -0.1) is 0 Å². The molecule has 0 aliphatic carbocycles. The quantitative estimate of drug-likeness (QED) is 0.813. The molecular formula is C13H16N2O2. The fourth-order valence-electron chi connectivity index (χ4n) is 1.63. The second-order valence-electron chi connectivity index (χ2n) is 4.31. The van der Waals surface area contributed by atoms with Crippen molar-refractivity contribution in [3.05, 3.63) is 30.1 Å². The van der Waals surface area contributed by atoms with Gasteiger partial charge in [-0.3, -0.25) is 0 Å². The van der Waals surface area contributed by atoms with Crippen LogP contribution in [0.3, 0.4) is 0 Å². The van der Waals surface area contributed by atoms with E-state index in [-0.39, 0.29) is 0 Å². The molecule has 0 amide bonds. The van der Waals surface area contributed by atoms with Crippen molar-refractivity contribution in [2.24, 2.45) is 5.92 Å². The van der Waals surface area contributed by atoms with E-state index < -0.39 is 0 Å². The number of benzene rings is 1. The van der Waals surface area contributed by atoms with Crippen molar-refractivity contribution in [2.75, 3.05) is 7.11 Å². The molecule has 90 valence electrons. The number of ether oxygens (including phenoxy) is 1. The number of nitrogens with zero attached hydrogens (tertiary/aromatic N) is 2. The van der Waals surface area contributed by atoms with Crippen molar-refractivity contribution in [3.8, 4) is 17.2 Å². The van der Waals surface area contributed by atoms with Gasteiger partial charge in [-0.1, -0.05) is 31.1 Å². The first-order valence-electron chi connectivity index (χ1n) is 5.66. The van der Waals surface area contributed by atoms with E-state index in [1.54, 1.807) is 7.11 Å². The van der Waals surface area contributed by atoms with Crippen molar-refractivity contribution >= 4 is 0 Å². The second kappa shape index (κ2) is 4.99. The molecule has 0 saturated heterocycles. The van der Waals surface area contributed by atoms with Crippen LogP contribution in [0.25, 0.3) is 11.5 Å². The molecule has 0 aliphatic rings. The molecule has 0 radical (unpaired) electrons. The lowest BCUT2D eigenvalue weighted by Gasteiger charge is -2.02. The number of para-hydroxylation sites is 1. The molecule has 1 heterocycles. The first-order valence-corrected chi connectivity index (χ1v) is 5.66. The Bertz CT molecular complexity index is 492. The summed E-state index contributed by atoms with van der Waals surface area (Å²) in [6.07, 6.45) is 0.818. The van der Waals surface area contributed by atoms with Crippen molar-refractivity contribution in [1.82, 2.24) is 10.1 Å². The Balaban J connectivity index is 2.30. The third kappa shape index (κ3) is 2.64. The molecule has 0 saturated carbocycles. The van der Waals surface area contributed by atoms with Gasteiger partial charge in [-0.25, -0.2) is 0 Å². The predicted molar refractivity (Wildman–Crippen MR) is 64.8 cm³/mol. The summed E-state index contributed by atoms with van der Waals surface area (Å²) in [4.78, 5) is 4.37. The Morgan fingerprint density at radius 2 is 2.06 bits per heavy atom. The van der Waals surface area contributed by atoms with Gasteiger partial charge in [0.15, 0.2) is 5.82 Å². The molecule has 0 unspecified atom stereocenters. The second-order valence-corrected chi connectivity index (χ2v) is 4.31. The van der Waals surface area contributed by atoms with Gasteiger partial charge >= 0.3 is 0 Å². The Morgan fingerprint density at radius 1 is 1.29 bits per heavy atom. The highest BCUT2D eigenvalue weighted by Gasteiger charge is 2.13. The van der Waals surface area contributed by atoms with Gasteiger partial charge in [0.1, 0.15) is 5.75 Å². The van der Waals surface area contributed by atoms with Crippen molar-refractivity contribution < 1.29 is 9.26 Å². The topological polar surface area (TPSA) is 48.2 Å². The van der Waals surface area contributed by atoms with Gasteiger partial charge < -0.3 is 9.26 Å². The smallest absolute Gasteiger partial charge is 0.261 e. The van der Waals surface area contributed by atoms with Crippen LogP contribution in [0.4, 0.5) is 0 Å². The summed E-state index contributed by atoms with van der Waals surface area (Å²) in [7, 11) is 1.63. The van der Waals surface area contributed by atoms with Crippen molar-refractivity contribution in [2.45, 2.75) is 20.3 Å². The van der Waals surface area contributed by atoms with Gasteiger partial charge in [0.25, 0.3) is 5.89 Å². The Kier molecular flexibility index (Phi) is 3.42. The van der Waals surface area contributed by atoms with Crippen LogP contribution in [0.15, 0.2) is 28.8 Å². The largest absolute Gasteiger partial charge is 0.496 e. The number of aromatic nitrogens is 2. The van der Waals surface area contributed by atoms with Crippen LogP contribution in [-0.2, 0) is 6.42 Å². The van der Waals surface area contributed by atoms with Gasteiger partial charge in [0.05, 0.1) is 12.7 Å². The maximum absolute atomic E-state index is 5.26. The minimum Gasteiger partial charge on any atom is -0.496 e. The zero-order chi connectivity index (χ0) is 12.3. The van der Waals surface area contributed by atoms with Crippen molar-refractivity contribution in [1.29, 1.82) is 0 Å². The maximum Gasteiger partial charge on any atom is 0.261 e. The average molecular weight is 232 g/mol. The molecule has 0 bridgehead atoms. The molecule has 0 spiro atoms. The molecule has 2 aromatic rings. The lowest BCUT2D eigenvalue weighted by atomic mass is 10.1. The Morgan fingerprint density at radius 3 is 2.76 bits per heavy atom. The SMILES string of the molecule is COc1ccccc1-c1nc(CC(C)C)no1. The molecule has 0 aliphatic heterocycles. The molecule has 0 atom stereocenters. The molecule has 0 fully saturated rings. The predicted octanol–water partition coefficient (Wildman–Crippen LogP) is 2.94. The van der Waals surface area contributed by atoms with Crippen LogP contribution in [0, 0.1) is 5.92 Å². The molecule has 4 nitrogen and oxygen atoms in total. The fourth-order valence-corrected chi connectivity index (χ4v) is 1.63. The van der Waals surface area contributed by atoms with E-state index in [4.69, 9.17) is 9.26 Å². The van der Waals surface area contributed by atoms with Crippen LogP contribution in [0.1, 0.15) is 19.7 Å². The number of rotatable bonds is 4. The van der Waals surface area contributed by atoms with Gasteiger partial charge in [-0.2, -0.15) is 4.98 Å². The van der Waals surface area contributed by atoms with E-state index in [1.807, 2.05) is 24.3 Å². The standard InChI is InChI=1S/C13H16N2O2/c1-9(2)8-12-14-13(17-15-12)10-6-4-5-7-11(10)16-3/h4-7,9H,8H2,1-3H3. The zero-order valence-electron chi connectivity index (χ0n) is 10.3. The van der Waals surface area contributed by atoms with E-state index in [9.17, 15) is 0 Å². The van der Waals surface area contributed by atoms with Crippen LogP contribution in [-0.4, -0.2) is 17.3 Å². The van der Waals surface area contributed by atoms with Crippen LogP contribution in [0.5, 0.6) is 5.75 Å². The summed E-state index contributed by atoms with van der Waals surface area (Å²) in [5.41, 5.74) is 0.831. The number of hydrogen-bond donors (Lipinski definition) is 0. The van der Waals surface area contributed by atoms with Gasteiger partial charge in [-0.05, 0) is 18.1 Å². The minimum atomic E-state index is 0.512.